The number of benzene rings is 3. The van der Waals surface area contributed by atoms with E-state index in [9.17, 15) is 14.4 Å². The number of halogens is 1. The summed E-state index contributed by atoms with van der Waals surface area (Å²) in [5.41, 5.74) is 3.22. The Bertz CT molecular complexity index is 1530. The SMILES string of the molecule is COc1ccc(C(=O)NCC(=O)N/N=C/c2cccc(OC(=O)c3sc4ccccc4c3Cl)c2)cc1OC. The predicted molar refractivity (Wildman–Crippen MR) is 146 cm³/mol. The molecule has 2 N–H and O–H groups in total. The highest BCUT2D eigenvalue weighted by atomic mass is 35.5. The minimum Gasteiger partial charge on any atom is -0.493 e. The maximum absolute atomic E-state index is 12.7. The van der Waals surface area contributed by atoms with Gasteiger partial charge in [-0.05, 0) is 42.0 Å². The van der Waals surface area contributed by atoms with Crippen molar-refractivity contribution >= 4 is 57.0 Å². The molecule has 2 amide bonds. The summed E-state index contributed by atoms with van der Waals surface area (Å²) in [6, 6.07) is 18.7. The molecule has 4 aromatic rings. The molecule has 194 valence electrons. The van der Waals surface area contributed by atoms with E-state index in [-0.39, 0.29) is 6.54 Å². The van der Waals surface area contributed by atoms with E-state index < -0.39 is 17.8 Å². The van der Waals surface area contributed by atoms with Gasteiger partial charge in [0.25, 0.3) is 11.8 Å². The number of carbonyl (C=O) groups excluding carboxylic acids is 3. The zero-order valence-electron chi connectivity index (χ0n) is 20.3. The lowest BCUT2D eigenvalue weighted by Gasteiger charge is -2.09. The van der Waals surface area contributed by atoms with E-state index in [1.165, 1.54) is 37.8 Å². The molecular formula is C27H22ClN3O6S. The number of hydrogen-bond donors (Lipinski definition) is 2. The van der Waals surface area contributed by atoms with Crippen molar-refractivity contribution in [3.63, 3.8) is 0 Å². The Morgan fingerprint density at radius 3 is 2.53 bits per heavy atom. The second-order valence-electron chi connectivity index (χ2n) is 7.75. The molecule has 38 heavy (non-hydrogen) atoms. The third-order valence-electron chi connectivity index (χ3n) is 5.25. The van der Waals surface area contributed by atoms with Crippen LogP contribution in [0.3, 0.4) is 0 Å². The van der Waals surface area contributed by atoms with Crippen molar-refractivity contribution < 1.29 is 28.6 Å². The Morgan fingerprint density at radius 1 is 0.974 bits per heavy atom. The molecular weight excluding hydrogens is 530 g/mol. The lowest BCUT2D eigenvalue weighted by Crippen LogP contribution is -2.34. The van der Waals surface area contributed by atoms with Gasteiger partial charge in [-0.3, -0.25) is 9.59 Å². The molecule has 9 nitrogen and oxygen atoms in total. The first-order chi connectivity index (χ1) is 18.4. The summed E-state index contributed by atoms with van der Waals surface area (Å²) >= 11 is 7.62. The van der Waals surface area contributed by atoms with Gasteiger partial charge in [-0.25, -0.2) is 10.2 Å². The summed E-state index contributed by atoms with van der Waals surface area (Å²) in [6.45, 7) is -0.294. The molecule has 1 aromatic heterocycles. The second kappa shape index (κ2) is 12.2. The number of hydrogen-bond acceptors (Lipinski definition) is 8. The number of methoxy groups -OCH3 is 2. The molecule has 0 unspecified atom stereocenters. The maximum Gasteiger partial charge on any atom is 0.355 e. The molecule has 0 bridgehead atoms. The van der Waals surface area contributed by atoms with Crippen LogP contribution in [0.2, 0.25) is 5.02 Å². The van der Waals surface area contributed by atoms with E-state index in [0.717, 1.165) is 10.1 Å². The van der Waals surface area contributed by atoms with Crippen molar-refractivity contribution in [2.24, 2.45) is 5.10 Å². The number of nitrogens with zero attached hydrogens (tertiary/aromatic N) is 1. The molecule has 0 saturated heterocycles. The third kappa shape index (κ3) is 6.28. The molecule has 4 rings (SSSR count). The van der Waals surface area contributed by atoms with Gasteiger partial charge in [-0.1, -0.05) is 41.9 Å². The fourth-order valence-corrected chi connectivity index (χ4v) is 4.80. The lowest BCUT2D eigenvalue weighted by atomic mass is 10.2. The molecule has 0 fully saturated rings. The van der Waals surface area contributed by atoms with E-state index in [0.29, 0.717) is 38.3 Å². The minimum absolute atomic E-state index is 0.293. The number of hydrazone groups is 1. The second-order valence-corrected chi connectivity index (χ2v) is 9.18. The van der Waals surface area contributed by atoms with Crippen LogP contribution in [-0.4, -0.2) is 44.8 Å². The molecule has 11 heteroatoms. The topological polar surface area (TPSA) is 115 Å². The van der Waals surface area contributed by atoms with Gasteiger partial charge in [0.15, 0.2) is 11.5 Å². The molecule has 0 aliphatic heterocycles. The van der Waals surface area contributed by atoms with Crippen LogP contribution in [-0.2, 0) is 4.79 Å². The van der Waals surface area contributed by atoms with Crippen LogP contribution in [0, 0.1) is 0 Å². The summed E-state index contributed by atoms with van der Waals surface area (Å²) in [6.07, 6.45) is 1.39. The molecule has 0 atom stereocenters. The first kappa shape index (κ1) is 26.6. The summed E-state index contributed by atoms with van der Waals surface area (Å²) < 4.78 is 16.7. The number of esters is 1. The normalized spacial score (nSPS) is 10.8. The number of amides is 2. The van der Waals surface area contributed by atoms with E-state index in [2.05, 4.69) is 15.8 Å². The van der Waals surface area contributed by atoms with Crippen molar-refractivity contribution in [1.82, 2.24) is 10.7 Å². The Hall–Kier alpha value is -4.41. The smallest absolute Gasteiger partial charge is 0.355 e. The molecule has 0 radical (unpaired) electrons. The van der Waals surface area contributed by atoms with Crippen LogP contribution >= 0.6 is 22.9 Å². The Morgan fingerprint density at radius 2 is 1.76 bits per heavy atom. The van der Waals surface area contributed by atoms with Crippen LogP contribution in [0.15, 0.2) is 71.8 Å². The van der Waals surface area contributed by atoms with E-state index in [1.807, 2.05) is 24.3 Å². The quantitative estimate of drug-likeness (QED) is 0.135. The first-order valence-corrected chi connectivity index (χ1v) is 12.4. The van der Waals surface area contributed by atoms with E-state index in [1.54, 1.807) is 36.4 Å². The van der Waals surface area contributed by atoms with Gasteiger partial charge in [0.1, 0.15) is 10.6 Å². The largest absolute Gasteiger partial charge is 0.493 e. The van der Waals surface area contributed by atoms with Crippen molar-refractivity contribution in [3.05, 3.63) is 87.8 Å². The van der Waals surface area contributed by atoms with Crippen LogP contribution in [0.4, 0.5) is 0 Å². The zero-order valence-corrected chi connectivity index (χ0v) is 21.9. The number of carbonyl (C=O) groups is 3. The average Bonchev–Trinajstić information content (AvgIpc) is 3.28. The number of fused-ring (bicyclic) bond motifs is 1. The fraction of sp³-hybridized carbons (Fsp3) is 0.111. The molecule has 0 spiro atoms. The van der Waals surface area contributed by atoms with Gasteiger partial charge in [0.2, 0.25) is 0 Å². The van der Waals surface area contributed by atoms with Crippen LogP contribution in [0.1, 0.15) is 25.6 Å². The number of thiophene rings is 1. The molecule has 3 aromatic carbocycles. The van der Waals surface area contributed by atoms with Crippen molar-refractivity contribution in [3.8, 4) is 17.2 Å². The number of rotatable bonds is 9. The van der Waals surface area contributed by atoms with E-state index >= 15 is 0 Å². The summed E-state index contributed by atoms with van der Waals surface area (Å²) in [7, 11) is 2.96. The van der Waals surface area contributed by atoms with Crippen molar-refractivity contribution in [1.29, 1.82) is 0 Å². The summed E-state index contributed by atoms with van der Waals surface area (Å²) in [5, 5.41) is 7.55. The highest BCUT2D eigenvalue weighted by molar-refractivity contribution is 7.21. The van der Waals surface area contributed by atoms with Gasteiger partial charge in [-0.15, -0.1) is 11.3 Å². The Kier molecular flexibility index (Phi) is 8.57. The zero-order chi connectivity index (χ0) is 27.1. The monoisotopic (exact) mass is 551 g/mol. The molecule has 0 aliphatic rings. The molecule has 0 aliphatic carbocycles. The van der Waals surface area contributed by atoms with Gasteiger partial charge < -0.3 is 19.5 Å². The Labute approximate surface area is 227 Å². The van der Waals surface area contributed by atoms with Gasteiger partial charge >= 0.3 is 5.97 Å². The predicted octanol–water partition coefficient (Wildman–Crippen LogP) is 4.67. The maximum atomic E-state index is 12.7. The van der Waals surface area contributed by atoms with Gasteiger partial charge in [-0.2, -0.15) is 5.10 Å². The summed E-state index contributed by atoms with van der Waals surface area (Å²) in [4.78, 5) is 37.4. The van der Waals surface area contributed by atoms with Crippen molar-refractivity contribution in [2.75, 3.05) is 20.8 Å². The highest BCUT2D eigenvalue weighted by Crippen LogP contribution is 2.35. The fourth-order valence-electron chi connectivity index (χ4n) is 3.42. The highest BCUT2D eigenvalue weighted by Gasteiger charge is 2.19. The molecule has 1 heterocycles. The number of nitrogens with one attached hydrogen (secondary N) is 2. The average molecular weight is 552 g/mol. The number of ether oxygens (including phenoxy) is 3. The molecule has 0 saturated carbocycles. The van der Waals surface area contributed by atoms with Crippen molar-refractivity contribution in [2.45, 2.75) is 0 Å². The van der Waals surface area contributed by atoms with Crippen LogP contribution < -0.4 is 25.0 Å². The minimum atomic E-state index is -0.566. The van der Waals surface area contributed by atoms with Gasteiger partial charge in [0, 0.05) is 15.6 Å². The lowest BCUT2D eigenvalue weighted by molar-refractivity contribution is -0.120. The van der Waals surface area contributed by atoms with Gasteiger partial charge in [0.05, 0.1) is 32.0 Å². The Balaban J connectivity index is 1.30. The van der Waals surface area contributed by atoms with E-state index in [4.69, 9.17) is 25.8 Å². The third-order valence-corrected chi connectivity index (χ3v) is 6.90. The first-order valence-electron chi connectivity index (χ1n) is 11.2. The van der Waals surface area contributed by atoms with Crippen LogP contribution in [0.5, 0.6) is 17.2 Å². The standard InChI is InChI=1S/C27H22ClN3O6S/c1-35-20-11-10-17(13-21(20)36-2)26(33)29-15-23(32)31-30-14-16-6-5-7-18(12-16)37-27(34)25-24(28)19-8-3-4-9-22(19)38-25/h3-14H,15H2,1-2H3,(H,29,33)(H,31,32)/b30-14+. The summed E-state index contributed by atoms with van der Waals surface area (Å²) in [5.74, 6) is -0.381. The van der Waals surface area contributed by atoms with Crippen LogP contribution in [0.25, 0.3) is 10.1 Å².